The number of amides is 1. The fourth-order valence-electron chi connectivity index (χ4n) is 2.36. The number of rotatable bonds is 4. The maximum absolute atomic E-state index is 12.0. The van der Waals surface area contributed by atoms with Crippen LogP contribution in [0.15, 0.2) is 24.4 Å². The first-order valence-electron chi connectivity index (χ1n) is 7.24. The molecule has 0 aliphatic carbocycles. The van der Waals surface area contributed by atoms with Gasteiger partial charge in [-0.1, -0.05) is 23.7 Å². The normalized spacial score (nSPS) is 17.6. The Balaban J connectivity index is 1.63. The quantitative estimate of drug-likeness (QED) is 0.923. The lowest BCUT2D eigenvalue weighted by Crippen LogP contribution is -2.26. The minimum atomic E-state index is -0.330. The molecule has 1 N–H and O–H groups in total. The number of carbonyl (C=O) groups is 1. The van der Waals surface area contributed by atoms with E-state index in [1.807, 2.05) is 19.1 Å². The van der Waals surface area contributed by atoms with Crippen molar-refractivity contribution in [1.82, 2.24) is 4.98 Å². The highest BCUT2D eigenvalue weighted by Crippen LogP contribution is 2.24. The highest BCUT2D eigenvalue weighted by Gasteiger charge is 2.24. The number of ether oxygens (including phenoxy) is 1. The molecule has 0 spiro atoms. The first-order valence-corrected chi connectivity index (χ1v) is 8.43. The second-order valence-corrected chi connectivity index (χ2v) is 6.91. The zero-order valence-electron chi connectivity index (χ0n) is 12.3. The van der Waals surface area contributed by atoms with E-state index < -0.39 is 0 Å². The Labute approximate surface area is 138 Å². The number of hydrogen-bond donors (Lipinski definition) is 1. The summed E-state index contributed by atoms with van der Waals surface area (Å²) in [6, 6.07) is 6.05. The van der Waals surface area contributed by atoms with Crippen LogP contribution in [0.1, 0.15) is 28.8 Å². The van der Waals surface area contributed by atoms with Gasteiger partial charge in [0.05, 0.1) is 0 Å². The Hall–Kier alpha value is -1.43. The molecule has 1 aliphatic heterocycles. The lowest BCUT2D eigenvalue weighted by Gasteiger charge is -2.07. The van der Waals surface area contributed by atoms with Gasteiger partial charge in [0.1, 0.15) is 6.10 Å². The fourth-order valence-corrected chi connectivity index (χ4v) is 3.42. The van der Waals surface area contributed by atoms with Crippen LogP contribution in [-0.4, -0.2) is 23.6 Å². The number of aromatic nitrogens is 1. The first-order chi connectivity index (χ1) is 10.6. The molecule has 2 heterocycles. The van der Waals surface area contributed by atoms with Crippen molar-refractivity contribution in [2.45, 2.75) is 32.3 Å². The van der Waals surface area contributed by atoms with Gasteiger partial charge in [-0.25, -0.2) is 4.98 Å². The van der Waals surface area contributed by atoms with E-state index in [0.717, 1.165) is 40.3 Å². The number of nitrogens with zero attached hydrogens (tertiary/aromatic N) is 1. The molecule has 1 aromatic heterocycles. The maximum atomic E-state index is 12.0. The molecular formula is C16H17ClN2O2S. The monoisotopic (exact) mass is 336 g/mol. The number of carbonyl (C=O) groups excluding carboxylic acids is 1. The molecule has 0 radical (unpaired) electrons. The van der Waals surface area contributed by atoms with Crippen LogP contribution in [0.5, 0.6) is 0 Å². The minimum Gasteiger partial charge on any atom is -0.368 e. The second-order valence-electron chi connectivity index (χ2n) is 5.38. The molecule has 2 aromatic rings. The molecular weight excluding hydrogens is 320 g/mol. The van der Waals surface area contributed by atoms with Crippen LogP contribution in [0.25, 0.3) is 0 Å². The zero-order valence-corrected chi connectivity index (χ0v) is 13.8. The van der Waals surface area contributed by atoms with Gasteiger partial charge in [0, 0.05) is 29.1 Å². The summed E-state index contributed by atoms with van der Waals surface area (Å²) >= 11 is 7.63. The summed E-state index contributed by atoms with van der Waals surface area (Å²) in [5.41, 5.74) is 2.20. The number of aryl methyl sites for hydroxylation is 1. The van der Waals surface area contributed by atoms with E-state index >= 15 is 0 Å². The number of anilines is 1. The molecule has 1 aliphatic rings. The van der Waals surface area contributed by atoms with Crippen molar-refractivity contribution in [3.63, 3.8) is 0 Å². The third-order valence-corrected chi connectivity index (χ3v) is 4.94. The lowest BCUT2D eigenvalue weighted by atomic mass is 10.1. The van der Waals surface area contributed by atoms with Crippen molar-refractivity contribution < 1.29 is 9.53 Å². The van der Waals surface area contributed by atoms with E-state index in [-0.39, 0.29) is 12.0 Å². The summed E-state index contributed by atoms with van der Waals surface area (Å²) in [6.45, 7) is 2.65. The van der Waals surface area contributed by atoms with E-state index in [1.54, 1.807) is 6.20 Å². The van der Waals surface area contributed by atoms with E-state index in [9.17, 15) is 4.79 Å². The van der Waals surface area contributed by atoms with Crippen LogP contribution in [0.3, 0.4) is 0 Å². The van der Waals surface area contributed by atoms with Gasteiger partial charge >= 0.3 is 0 Å². The second kappa shape index (κ2) is 6.77. The molecule has 22 heavy (non-hydrogen) atoms. The number of hydrogen-bond acceptors (Lipinski definition) is 4. The SMILES string of the molecule is Cc1ccc(Cc2cnc(NC(=O)[C@@H]3CCCO3)s2)cc1Cl. The maximum Gasteiger partial charge on any atom is 0.255 e. The Kier molecular flexibility index (Phi) is 4.76. The molecule has 0 bridgehead atoms. The average Bonchev–Trinajstić information content (AvgIpc) is 3.15. The molecule has 1 amide bonds. The number of halogens is 1. The summed E-state index contributed by atoms with van der Waals surface area (Å²) in [7, 11) is 0. The van der Waals surface area contributed by atoms with E-state index in [2.05, 4.69) is 16.4 Å². The zero-order chi connectivity index (χ0) is 15.5. The molecule has 116 valence electrons. The third-order valence-electron chi connectivity index (χ3n) is 3.62. The lowest BCUT2D eigenvalue weighted by molar-refractivity contribution is -0.124. The molecule has 0 saturated carbocycles. The van der Waals surface area contributed by atoms with Crippen LogP contribution in [0, 0.1) is 6.92 Å². The van der Waals surface area contributed by atoms with E-state index in [1.165, 1.54) is 11.3 Å². The van der Waals surface area contributed by atoms with Gasteiger partial charge in [0.2, 0.25) is 0 Å². The minimum absolute atomic E-state index is 0.100. The molecule has 0 unspecified atom stereocenters. The predicted octanol–water partition coefficient (Wildman–Crippen LogP) is 3.81. The summed E-state index contributed by atoms with van der Waals surface area (Å²) in [6.07, 6.45) is 3.95. The van der Waals surface area contributed by atoms with Crippen molar-refractivity contribution in [2.24, 2.45) is 0 Å². The van der Waals surface area contributed by atoms with Gasteiger partial charge in [0.25, 0.3) is 5.91 Å². The summed E-state index contributed by atoms with van der Waals surface area (Å²) in [4.78, 5) is 17.3. The van der Waals surface area contributed by atoms with Gasteiger partial charge in [-0.2, -0.15) is 0 Å². The van der Waals surface area contributed by atoms with Gasteiger partial charge < -0.3 is 4.74 Å². The van der Waals surface area contributed by atoms with E-state index in [0.29, 0.717) is 11.7 Å². The van der Waals surface area contributed by atoms with Gasteiger partial charge in [-0.05, 0) is 37.0 Å². The van der Waals surface area contributed by atoms with Gasteiger partial charge in [-0.15, -0.1) is 11.3 Å². The third kappa shape index (κ3) is 3.66. The Morgan fingerprint density at radius 2 is 2.41 bits per heavy atom. The average molecular weight is 337 g/mol. The predicted molar refractivity (Wildman–Crippen MR) is 88.7 cm³/mol. The first kappa shape index (κ1) is 15.5. The van der Waals surface area contributed by atoms with Crippen LogP contribution < -0.4 is 5.32 Å². The van der Waals surface area contributed by atoms with Crippen molar-refractivity contribution in [3.05, 3.63) is 45.4 Å². The summed E-state index contributed by atoms with van der Waals surface area (Å²) in [5, 5.41) is 4.22. The smallest absolute Gasteiger partial charge is 0.255 e. The fraction of sp³-hybridized carbons (Fsp3) is 0.375. The van der Waals surface area contributed by atoms with Crippen molar-refractivity contribution >= 4 is 34.0 Å². The summed E-state index contributed by atoms with van der Waals surface area (Å²) < 4.78 is 5.36. The molecule has 1 fully saturated rings. The van der Waals surface area contributed by atoms with Crippen LogP contribution in [-0.2, 0) is 16.0 Å². The number of benzene rings is 1. The van der Waals surface area contributed by atoms with E-state index in [4.69, 9.17) is 16.3 Å². The van der Waals surface area contributed by atoms with Crippen LogP contribution in [0.2, 0.25) is 5.02 Å². The molecule has 3 rings (SSSR count). The van der Waals surface area contributed by atoms with Crippen molar-refractivity contribution in [3.8, 4) is 0 Å². The van der Waals surface area contributed by atoms with Crippen molar-refractivity contribution in [2.75, 3.05) is 11.9 Å². The largest absolute Gasteiger partial charge is 0.368 e. The molecule has 4 nitrogen and oxygen atoms in total. The Bertz CT molecular complexity index is 681. The number of nitrogens with one attached hydrogen (secondary N) is 1. The highest BCUT2D eigenvalue weighted by molar-refractivity contribution is 7.15. The molecule has 1 aromatic carbocycles. The molecule has 1 saturated heterocycles. The summed E-state index contributed by atoms with van der Waals surface area (Å²) in [5.74, 6) is -0.100. The highest BCUT2D eigenvalue weighted by atomic mass is 35.5. The topological polar surface area (TPSA) is 51.2 Å². The van der Waals surface area contributed by atoms with Gasteiger partial charge in [0.15, 0.2) is 5.13 Å². The van der Waals surface area contributed by atoms with Crippen LogP contribution >= 0.6 is 22.9 Å². The standard InChI is InChI=1S/C16H17ClN2O2S/c1-10-4-5-11(8-13(10)17)7-12-9-18-16(22-12)19-15(20)14-3-2-6-21-14/h4-5,8-9,14H,2-3,6-7H2,1H3,(H,18,19,20)/t14-/m0/s1. The van der Waals surface area contributed by atoms with Gasteiger partial charge in [-0.3, -0.25) is 10.1 Å². The molecule has 1 atom stereocenters. The molecule has 6 heteroatoms. The number of thiazole rings is 1. The Morgan fingerprint density at radius 3 is 3.14 bits per heavy atom. The van der Waals surface area contributed by atoms with Crippen LogP contribution in [0.4, 0.5) is 5.13 Å². The Morgan fingerprint density at radius 1 is 1.55 bits per heavy atom. The van der Waals surface area contributed by atoms with Crippen molar-refractivity contribution in [1.29, 1.82) is 0 Å².